The van der Waals surface area contributed by atoms with Gasteiger partial charge in [-0.25, -0.2) is 9.59 Å². The Bertz CT molecular complexity index is 276. The number of hydrogen-bond acceptors (Lipinski definition) is 3. The lowest BCUT2D eigenvalue weighted by molar-refractivity contribution is -0.139. The molecule has 0 aliphatic carbocycles. The van der Waals surface area contributed by atoms with Crippen LogP contribution in [-0.4, -0.2) is 54.9 Å². The summed E-state index contributed by atoms with van der Waals surface area (Å²) in [7, 11) is 1.51. The molecule has 0 radical (unpaired) electrons. The van der Waals surface area contributed by atoms with Gasteiger partial charge in [0.15, 0.2) is 0 Å². The lowest BCUT2D eigenvalue weighted by Gasteiger charge is -2.25. The zero-order valence-electron chi connectivity index (χ0n) is 12.9. The highest BCUT2D eigenvalue weighted by Gasteiger charge is 2.22. The predicted octanol–water partition coefficient (Wildman–Crippen LogP) is 2.09. The molecule has 0 aromatic heterocycles. The Labute approximate surface area is 121 Å². The van der Waals surface area contributed by atoms with Crippen molar-refractivity contribution >= 4 is 12.0 Å². The molecule has 0 aliphatic rings. The molecular weight excluding hydrogens is 260 g/mol. The largest absolute Gasteiger partial charge is 0.480 e. The number of amides is 2. The molecule has 1 unspecified atom stereocenters. The van der Waals surface area contributed by atoms with Crippen molar-refractivity contribution in [1.82, 2.24) is 10.2 Å². The Morgan fingerprint density at radius 3 is 2.15 bits per heavy atom. The predicted molar refractivity (Wildman–Crippen MR) is 77.8 cm³/mol. The summed E-state index contributed by atoms with van der Waals surface area (Å²) in [6.07, 6.45) is 4.12. The van der Waals surface area contributed by atoms with E-state index in [1.54, 1.807) is 4.90 Å². The van der Waals surface area contributed by atoms with Gasteiger partial charge in [-0.1, -0.05) is 26.7 Å². The van der Waals surface area contributed by atoms with Crippen LogP contribution in [0.3, 0.4) is 0 Å². The highest BCUT2D eigenvalue weighted by molar-refractivity contribution is 5.82. The number of hydrogen-bond donors (Lipinski definition) is 2. The Hall–Kier alpha value is -1.30. The molecular formula is C14H28N2O4. The molecule has 0 spiro atoms. The number of unbranched alkanes of at least 4 members (excludes halogenated alkanes) is 2. The molecule has 118 valence electrons. The van der Waals surface area contributed by atoms with Crippen molar-refractivity contribution in [2.24, 2.45) is 0 Å². The fourth-order valence-electron chi connectivity index (χ4n) is 1.75. The number of carbonyl (C=O) groups excluding carboxylic acids is 1. The first-order chi connectivity index (χ1) is 9.56. The number of aliphatic carboxylic acids is 1. The van der Waals surface area contributed by atoms with Gasteiger partial charge in [-0.2, -0.15) is 0 Å². The monoisotopic (exact) mass is 288 g/mol. The van der Waals surface area contributed by atoms with E-state index in [-0.39, 0.29) is 12.5 Å². The minimum absolute atomic E-state index is 0.271. The van der Waals surface area contributed by atoms with E-state index in [9.17, 15) is 9.59 Å². The minimum Gasteiger partial charge on any atom is -0.480 e. The smallest absolute Gasteiger partial charge is 0.326 e. The summed E-state index contributed by atoms with van der Waals surface area (Å²) in [5.41, 5.74) is 0. The van der Waals surface area contributed by atoms with Gasteiger partial charge in [0.1, 0.15) is 6.04 Å². The van der Waals surface area contributed by atoms with Crippen LogP contribution in [0, 0.1) is 0 Å². The average molecular weight is 288 g/mol. The Morgan fingerprint density at radius 1 is 1.20 bits per heavy atom. The number of carboxylic acid groups (broad SMARTS) is 1. The minimum atomic E-state index is -1.03. The van der Waals surface area contributed by atoms with Gasteiger partial charge >= 0.3 is 12.0 Å². The number of ether oxygens (including phenoxy) is 1. The second kappa shape index (κ2) is 11.5. The standard InChI is InChI=1S/C14H28N2O4/c1-4-6-9-16(10-7-5-2)14(19)15-12(13(17)18)8-11-20-3/h12H,4-11H2,1-3H3,(H,15,19)(H,17,18). The topological polar surface area (TPSA) is 78.9 Å². The van der Waals surface area contributed by atoms with E-state index in [1.165, 1.54) is 7.11 Å². The molecule has 6 heteroatoms. The van der Waals surface area contributed by atoms with E-state index in [4.69, 9.17) is 9.84 Å². The third-order valence-corrected chi connectivity index (χ3v) is 3.06. The third kappa shape index (κ3) is 7.99. The molecule has 0 aromatic carbocycles. The van der Waals surface area contributed by atoms with Crippen molar-refractivity contribution in [2.45, 2.75) is 52.0 Å². The number of rotatable bonds is 11. The van der Waals surface area contributed by atoms with Crippen LogP contribution in [0.5, 0.6) is 0 Å². The number of carbonyl (C=O) groups is 2. The van der Waals surface area contributed by atoms with Crippen molar-refractivity contribution < 1.29 is 19.4 Å². The van der Waals surface area contributed by atoms with E-state index in [0.717, 1.165) is 25.7 Å². The van der Waals surface area contributed by atoms with Gasteiger partial charge in [-0.15, -0.1) is 0 Å². The molecule has 0 saturated heterocycles. The van der Waals surface area contributed by atoms with Gasteiger partial charge in [-0.05, 0) is 12.8 Å². The fourth-order valence-corrected chi connectivity index (χ4v) is 1.75. The maximum atomic E-state index is 12.1. The molecule has 0 heterocycles. The zero-order valence-corrected chi connectivity index (χ0v) is 12.9. The van der Waals surface area contributed by atoms with Gasteiger partial charge in [0.05, 0.1) is 0 Å². The van der Waals surface area contributed by atoms with Gasteiger partial charge < -0.3 is 20.1 Å². The average Bonchev–Trinajstić information content (AvgIpc) is 2.43. The Kier molecular flexibility index (Phi) is 10.8. The molecule has 2 N–H and O–H groups in total. The second-order valence-electron chi connectivity index (χ2n) is 4.82. The van der Waals surface area contributed by atoms with Crippen LogP contribution >= 0.6 is 0 Å². The highest BCUT2D eigenvalue weighted by Crippen LogP contribution is 2.02. The van der Waals surface area contributed by atoms with Gasteiger partial charge in [0.2, 0.25) is 0 Å². The van der Waals surface area contributed by atoms with Crippen LogP contribution in [-0.2, 0) is 9.53 Å². The first-order valence-electron chi connectivity index (χ1n) is 7.33. The van der Waals surface area contributed by atoms with Crippen LogP contribution in [0.1, 0.15) is 46.0 Å². The molecule has 2 amide bonds. The third-order valence-electron chi connectivity index (χ3n) is 3.06. The van der Waals surface area contributed by atoms with Crippen molar-refractivity contribution in [3.05, 3.63) is 0 Å². The van der Waals surface area contributed by atoms with Crippen LogP contribution in [0.15, 0.2) is 0 Å². The van der Waals surface area contributed by atoms with E-state index >= 15 is 0 Å². The number of carboxylic acids is 1. The summed E-state index contributed by atoms with van der Waals surface area (Å²) < 4.78 is 4.87. The number of nitrogens with zero attached hydrogens (tertiary/aromatic N) is 1. The van der Waals surface area contributed by atoms with Crippen LogP contribution in [0.2, 0.25) is 0 Å². The number of urea groups is 1. The zero-order chi connectivity index (χ0) is 15.4. The maximum absolute atomic E-state index is 12.1. The normalized spacial score (nSPS) is 11.9. The van der Waals surface area contributed by atoms with Crippen molar-refractivity contribution in [3.63, 3.8) is 0 Å². The van der Waals surface area contributed by atoms with Crippen LogP contribution < -0.4 is 5.32 Å². The lowest BCUT2D eigenvalue weighted by atomic mass is 10.2. The Morgan fingerprint density at radius 2 is 1.75 bits per heavy atom. The number of nitrogens with one attached hydrogen (secondary N) is 1. The van der Waals surface area contributed by atoms with Crippen LogP contribution in [0.4, 0.5) is 4.79 Å². The summed E-state index contributed by atoms with van der Waals surface area (Å²) in [5.74, 6) is -1.03. The molecule has 6 nitrogen and oxygen atoms in total. The highest BCUT2D eigenvalue weighted by atomic mass is 16.5. The molecule has 0 bridgehead atoms. The van der Waals surface area contributed by atoms with Gasteiger partial charge in [-0.3, -0.25) is 0 Å². The quantitative estimate of drug-likeness (QED) is 0.610. The fraction of sp³-hybridized carbons (Fsp3) is 0.857. The summed E-state index contributed by atoms with van der Waals surface area (Å²) in [4.78, 5) is 25.0. The molecule has 0 rings (SSSR count). The van der Waals surface area contributed by atoms with E-state index < -0.39 is 12.0 Å². The van der Waals surface area contributed by atoms with E-state index in [1.807, 2.05) is 0 Å². The second-order valence-corrected chi connectivity index (χ2v) is 4.82. The summed E-state index contributed by atoms with van der Waals surface area (Å²) >= 11 is 0. The maximum Gasteiger partial charge on any atom is 0.326 e. The molecule has 0 saturated carbocycles. The van der Waals surface area contributed by atoms with Crippen LogP contribution in [0.25, 0.3) is 0 Å². The first kappa shape index (κ1) is 18.7. The lowest BCUT2D eigenvalue weighted by Crippen LogP contribution is -2.48. The molecule has 0 fully saturated rings. The SMILES string of the molecule is CCCCN(CCCC)C(=O)NC(CCOC)C(=O)O. The molecule has 0 aliphatic heterocycles. The van der Waals surface area contributed by atoms with Gasteiger partial charge in [0, 0.05) is 33.2 Å². The van der Waals surface area contributed by atoms with Crippen molar-refractivity contribution in [3.8, 4) is 0 Å². The molecule has 20 heavy (non-hydrogen) atoms. The van der Waals surface area contributed by atoms with Crippen molar-refractivity contribution in [1.29, 1.82) is 0 Å². The van der Waals surface area contributed by atoms with E-state index in [0.29, 0.717) is 19.7 Å². The Balaban J connectivity index is 4.47. The molecule has 1 atom stereocenters. The van der Waals surface area contributed by atoms with Gasteiger partial charge in [0.25, 0.3) is 0 Å². The summed E-state index contributed by atoms with van der Waals surface area (Å²) in [5, 5.41) is 11.7. The van der Waals surface area contributed by atoms with E-state index in [2.05, 4.69) is 19.2 Å². The first-order valence-corrected chi connectivity index (χ1v) is 7.33. The number of methoxy groups -OCH3 is 1. The van der Waals surface area contributed by atoms with Crippen molar-refractivity contribution in [2.75, 3.05) is 26.8 Å². The molecule has 0 aromatic rings. The summed E-state index contributed by atoms with van der Waals surface area (Å²) in [6.45, 7) is 5.77. The summed E-state index contributed by atoms with van der Waals surface area (Å²) in [6, 6.07) is -1.19.